The predicted molar refractivity (Wildman–Crippen MR) is 81.2 cm³/mol. The van der Waals surface area contributed by atoms with Crippen LogP contribution in [0.25, 0.3) is 0 Å². The molecule has 9 heteroatoms. The number of aromatic nitrogens is 3. The van der Waals surface area contributed by atoms with Gasteiger partial charge in [-0.25, -0.2) is 15.0 Å². The van der Waals surface area contributed by atoms with Gasteiger partial charge in [-0.3, -0.25) is 10.1 Å². The van der Waals surface area contributed by atoms with E-state index in [4.69, 9.17) is 4.74 Å². The molecule has 0 aromatic carbocycles. The quantitative estimate of drug-likeness (QED) is 0.589. The summed E-state index contributed by atoms with van der Waals surface area (Å²) in [6, 6.07) is 5.06. The molecule has 2 aromatic heterocycles. The second-order valence-corrected chi connectivity index (χ2v) is 4.52. The van der Waals surface area contributed by atoms with E-state index in [1.54, 1.807) is 31.5 Å². The molecule has 1 unspecified atom stereocenters. The van der Waals surface area contributed by atoms with Crippen molar-refractivity contribution in [1.82, 2.24) is 15.0 Å². The summed E-state index contributed by atoms with van der Waals surface area (Å²) < 4.78 is 5.00. The van der Waals surface area contributed by atoms with Gasteiger partial charge in [0.2, 0.25) is 11.6 Å². The fraction of sp³-hybridized carbons (Fsp3) is 0.308. The Morgan fingerprint density at radius 1 is 1.32 bits per heavy atom. The summed E-state index contributed by atoms with van der Waals surface area (Å²) >= 11 is 0. The molecule has 0 radical (unpaired) electrons. The van der Waals surface area contributed by atoms with E-state index in [0.29, 0.717) is 12.4 Å². The Kier molecular flexibility index (Phi) is 5.15. The van der Waals surface area contributed by atoms with Crippen molar-refractivity contribution in [1.29, 1.82) is 0 Å². The average Bonchev–Trinajstić information content (AvgIpc) is 2.48. The normalized spacial score (nSPS) is 11.7. The minimum absolute atomic E-state index is 0.0748. The summed E-state index contributed by atoms with van der Waals surface area (Å²) in [4.78, 5) is 22.8. The summed E-state index contributed by atoms with van der Waals surface area (Å²) in [5.74, 6) is 0.661. The van der Waals surface area contributed by atoms with Crippen LogP contribution in [-0.2, 0) is 4.74 Å². The highest BCUT2D eigenvalue weighted by molar-refractivity contribution is 5.72. The monoisotopic (exact) mass is 304 g/mol. The van der Waals surface area contributed by atoms with E-state index in [1.807, 2.05) is 6.92 Å². The lowest BCUT2D eigenvalue weighted by Crippen LogP contribution is -2.22. The minimum Gasteiger partial charge on any atom is -0.383 e. The number of nitrogens with one attached hydrogen (secondary N) is 2. The lowest BCUT2D eigenvalue weighted by molar-refractivity contribution is -0.383. The van der Waals surface area contributed by atoms with Gasteiger partial charge < -0.3 is 15.4 Å². The lowest BCUT2D eigenvalue weighted by atomic mass is 10.3. The Bertz CT molecular complexity index is 637. The Balaban J connectivity index is 2.32. The van der Waals surface area contributed by atoms with E-state index in [2.05, 4.69) is 25.6 Å². The van der Waals surface area contributed by atoms with Gasteiger partial charge in [-0.1, -0.05) is 6.07 Å². The van der Waals surface area contributed by atoms with Crippen molar-refractivity contribution in [2.75, 3.05) is 24.4 Å². The molecule has 0 aliphatic rings. The van der Waals surface area contributed by atoms with Gasteiger partial charge in [0, 0.05) is 19.3 Å². The molecule has 2 aromatic rings. The van der Waals surface area contributed by atoms with Crippen LogP contribution in [0.3, 0.4) is 0 Å². The van der Waals surface area contributed by atoms with E-state index in [9.17, 15) is 10.1 Å². The number of hydrogen-bond acceptors (Lipinski definition) is 8. The van der Waals surface area contributed by atoms with Crippen LogP contribution in [0.5, 0.6) is 0 Å². The van der Waals surface area contributed by atoms with Crippen molar-refractivity contribution in [2.24, 2.45) is 0 Å². The number of pyridine rings is 1. The highest BCUT2D eigenvalue weighted by Gasteiger charge is 2.24. The first-order chi connectivity index (χ1) is 10.6. The molecule has 1 atom stereocenters. The fourth-order valence-electron chi connectivity index (χ4n) is 1.83. The Morgan fingerprint density at radius 3 is 2.73 bits per heavy atom. The lowest BCUT2D eigenvalue weighted by Gasteiger charge is -2.14. The first kappa shape index (κ1) is 15.6. The van der Waals surface area contributed by atoms with Crippen molar-refractivity contribution in [3.05, 3.63) is 40.8 Å². The van der Waals surface area contributed by atoms with Crippen molar-refractivity contribution < 1.29 is 9.66 Å². The van der Waals surface area contributed by atoms with Crippen LogP contribution in [0.2, 0.25) is 0 Å². The number of methoxy groups -OCH3 is 1. The highest BCUT2D eigenvalue weighted by Crippen LogP contribution is 2.30. The van der Waals surface area contributed by atoms with Gasteiger partial charge in [0.25, 0.3) is 0 Å². The van der Waals surface area contributed by atoms with E-state index < -0.39 is 4.92 Å². The zero-order valence-electron chi connectivity index (χ0n) is 12.2. The third kappa shape index (κ3) is 3.85. The van der Waals surface area contributed by atoms with Crippen molar-refractivity contribution in [3.63, 3.8) is 0 Å². The van der Waals surface area contributed by atoms with Crippen LogP contribution in [-0.4, -0.2) is 39.6 Å². The summed E-state index contributed by atoms with van der Waals surface area (Å²) in [6.07, 6.45) is 2.83. The summed E-state index contributed by atoms with van der Waals surface area (Å²) in [6.45, 7) is 2.23. The number of nitro groups is 1. The van der Waals surface area contributed by atoms with Crippen LogP contribution < -0.4 is 10.6 Å². The van der Waals surface area contributed by atoms with Gasteiger partial charge in [0.15, 0.2) is 0 Å². The van der Waals surface area contributed by atoms with Crippen molar-refractivity contribution in [2.45, 2.75) is 13.0 Å². The molecule has 116 valence electrons. The molecule has 0 spiro atoms. The van der Waals surface area contributed by atoms with Crippen molar-refractivity contribution in [3.8, 4) is 0 Å². The maximum absolute atomic E-state index is 11.4. The standard InChI is InChI=1S/C13H16N6O3/c1-9(7-22-2)17-12-11(19(20)21)13(16-8-15-12)18-10-5-3-4-6-14-10/h3-6,8-9H,7H2,1-2H3,(H2,14,15,16,17,18). The molecule has 0 saturated carbocycles. The van der Waals surface area contributed by atoms with Crippen LogP contribution in [0.15, 0.2) is 30.7 Å². The molecule has 2 N–H and O–H groups in total. The van der Waals surface area contributed by atoms with E-state index in [0.717, 1.165) is 0 Å². The van der Waals surface area contributed by atoms with Gasteiger partial charge in [-0.2, -0.15) is 0 Å². The van der Waals surface area contributed by atoms with Crippen molar-refractivity contribution >= 4 is 23.1 Å². The minimum atomic E-state index is -0.535. The average molecular weight is 304 g/mol. The summed E-state index contributed by atoms with van der Waals surface area (Å²) in [5.41, 5.74) is -0.240. The van der Waals surface area contributed by atoms with Gasteiger partial charge in [-0.15, -0.1) is 0 Å². The largest absolute Gasteiger partial charge is 0.383 e. The molecular weight excluding hydrogens is 288 g/mol. The van der Waals surface area contributed by atoms with Crippen LogP contribution >= 0.6 is 0 Å². The second-order valence-electron chi connectivity index (χ2n) is 4.52. The van der Waals surface area contributed by atoms with Gasteiger partial charge in [0.1, 0.15) is 12.1 Å². The van der Waals surface area contributed by atoms with Gasteiger partial charge in [0.05, 0.1) is 11.5 Å². The fourth-order valence-corrected chi connectivity index (χ4v) is 1.83. The first-order valence-electron chi connectivity index (χ1n) is 6.54. The number of hydrogen-bond donors (Lipinski definition) is 2. The molecule has 0 aliphatic heterocycles. The third-order valence-corrected chi connectivity index (χ3v) is 2.72. The molecule has 0 amide bonds. The van der Waals surface area contributed by atoms with E-state index in [1.165, 1.54) is 6.33 Å². The molecule has 2 rings (SSSR count). The molecule has 2 heterocycles. The number of ether oxygens (including phenoxy) is 1. The Morgan fingerprint density at radius 2 is 2.09 bits per heavy atom. The van der Waals surface area contributed by atoms with Gasteiger partial charge >= 0.3 is 5.69 Å². The molecule has 0 bridgehead atoms. The number of rotatable bonds is 7. The first-order valence-corrected chi connectivity index (χ1v) is 6.54. The smallest absolute Gasteiger partial charge is 0.353 e. The summed E-state index contributed by atoms with van der Waals surface area (Å²) in [7, 11) is 1.56. The Labute approximate surface area is 126 Å². The molecule has 9 nitrogen and oxygen atoms in total. The van der Waals surface area contributed by atoms with Crippen LogP contribution in [0, 0.1) is 10.1 Å². The van der Waals surface area contributed by atoms with Crippen LogP contribution in [0.1, 0.15) is 6.92 Å². The van der Waals surface area contributed by atoms with Crippen LogP contribution in [0.4, 0.5) is 23.1 Å². The second kappa shape index (κ2) is 7.27. The molecule has 22 heavy (non-hydrogen) atoms. The zero-order chi connectivity index (χ0) is 15.9. The highest BCUT2D eigenvalue weighted by atomic mass is 16.6. The Hall–Kier alpha value is -2.81. The zero-order valence-corrected chi connectivity index (χ0v) is 12.2. The van der Waals surface area contributed by atoms with Gasteiger partial charge in [-0.05, 0) is 19.1 Å². The summed E-state index contributed by atoms with van der Waals surface area (Å²) in [5, 5.41) is 17.1. The predicted octanol–water partition coefficient (Wildman–Crippen LogP) is 1.97. The SMILES string of the molecule is COCC(C)Nc1ncnc(Nc2ccccn2)c1[N+](=O)[O-]. The number of nitrogens with zero attached hydrogens (tertiary/aromatic N) is 4. The van der Waals surface area contributed by atoms with E-state index >= 15 is 0 Å². The number of anilines is 3. The molecular formula is C13H16N6O3. The topological polar surface area (TPSA) is 115 Å². The van der Waals surface area contributed by atoms with E-state index in [-0.39, 0.29) is 23.4 Å². The maximum Gasteiger partial charge on any atom is 0.353 e. The maximum atomic E-state index is 11.4. The molecule has 0 saturated heterocycles. The third-order valence-electron chi connectivity index (χ3n) is 2.72. The molecule has 0 fully saturated rings. The molecule has 0 aliphatic carbocycles.